The van der Waals surface area contributed by atoms with Gasteiger partial charge in [-0.2, -0.15) is 0 Å². The minimum Gasteiger partial charge on any atom is -0.390 e. The van der Waals surface area contributed by atoms with E-state index in [0.717, 1.165) is 52.2 Å². The van der Waals surface area contributed by atoms with E-state index in [9.17, 15) is 19.5 Å². The highest BCUT2D eigenvalue weighted by molar-refractivity contribution is 7.80. The Kier molecular flexibility index (Phi) is 17.7. The van der Waals surface area contributed by atoms with Crippen LogP contribution in [0.5, 0.6) is 0 Å². The van der Waals surface area contributed by atoms with Gasteiger partial charge in [-0.3, -0.25) is 19.3 Å². The number of hydrogen-bond donors (Lipinski definition) is 6. The summed E-state index contributed by atoms with van der Waals surface area (Å²) in [7, 11) is 1.76. The first-order valence-electron chi connectivity index (χ1n) is 20.9. The molecule has 0 saturated carbocycles. The van der Waals surface area contributed by atoms with Gasteiger partial charge in [0, 0.05) is 45.7 Å². The van der Waals surface area contributed by atoms with E-state index in [-0.39, 0.29) is 30.1 Å². The zero-order chi connectivity index (χ0) is 41.3. The topological polar surface area (TPSA) is 144 Å². The predicted molar refractivity (Wildman–Crippen MR) is 237 cm³/mol. The molecule has 0 bridgehead atoms. The highest BCUT2D eigenvalue weighted by atomic mass is 32.1. The van der Waals surface area contributed by atoms with Gasteiger partial charge < -0.3 is 36.4 Å². The lowest BCUT2D eigenvalue weighted by atomic mass is 9.87. The van der Waals surface area contributed by atoms with Crippen LogP contribution in [0.3, 0.4) is 0 Å². The van der Waals surface area contributed by atoms with Crippen molar-refractivity contribution in [3.8, 4) is 0 Å². The third-order valence-electron chi connectivity index (χ3n) is 10.9. The molecule has 58 heavy (non-hydrogen) atoms. The fraction of sp³-hybridized carbons (Fsp3) is 0.478. The van der Waals surface area contributed by atoms with Crippen LogP contribution in [-0.4, -0.2) is 104 Å². The summed E-state index contributed by atoms with van der Waals surface area (Å²) in [5, 5.41) is 31.6. The number of benzene rings is 4. The minimum atomic E-state index is -1.11. The van der Waals surface area contributed by atoms with Crippen LogP contribution >= 0.6 is 12.2 Å². The van der Waals surface area contributed by atoms with Gasteiger partial charge in [0.25, 0.3) is 0 Å². The number of hydrogen-bond acceptors (Lipinski definition) is 7. The molecule has 4 aromatic rings. The second kappa shape index (κ2) is 23.1. The molecular formula is C46H62N6O5S. The summed E-state index contributed by atoms with van der Waals surface area (Å²) in [6.07, 6.45) is 1.91. The van der Waals surface area contributed by atoms with Crippen LogP contribution in [0.2, 0.25) is 0 Å². The summed E-state index contributed by atoms with van der Waals surface area (Å²) in [6, 6.07) is 27.2. The van der Waals surface area contributed by atoms with Gasteiger partial charge >= 0.3 is 0 Å². The molecule has 0 aliphatic carbocycles. The van der Waals surface area contributed by atoms with Crippen molar-refractivity contribution in [2.45, 2.75) is 77.0 Å². The fourth-order valence-corrected chi connectivity index (χ4v) is 7.84. The number of aliphatic hydroxyl groups excluding tert-OH is 1. The Labute approximate surface area is 349 Å². The Bertz CT molecular complexity index is 1860. The third kappa shape index (κ3) is 13.8. The van der Waals surface area contributed by atoms with Crippen molar-refractivity contribution in [1.82, 2.24) is 31.5 Å². The zero-order valence-electron chi connectivity index (χ0n) is 34.3. The molecule has 1 saturated heterocycles. The lowest BCUT2D eigenvalue weighted by molar-refractivity contribution is -0.132. The van der Waals surface area contributed by atoms with Crippen molar-refractivity contribution in [3.63, 3.8) is 0 Å². The molecule has 3 atom stereocenters. The quantitative estimate of drug-likeness (QED) is 0.0514. The van der Waals surface area contributed by atoms with E-state index in [1.54, 1.807) is 7.05 Å². The number of unbranched alkanes of at least 4 members (excludes halogenated alkanes) is 1. The maximum Gasteiger partial charge on any atom is 0.242 e. The maximum atomic E-state index is 14.7. The normalized spacial score (nSPS) is 14.9. The molecule has 1 heterocycles. The summed E-state index contributed by atoms with van der Waals surface area (Å²) in [4.78, 5) is 44.2. The highest BCUT2D eigenvalue weighted by Crippen LogP contribution is 2.27. The van der Waals surface area contributed by atoms with Gasteiger partial charge in [-0.05, 0) is 89.3 Å². The smallest absolute Gasteiger partial charge is 0.242 e. The molecule has 312 valence electrons. The first-order valence-corrected chi connectivity index (χ1v) is 21.3. The predicted octanol–water partition coefficient (Wildman–Crippen LogP) is 4.87. The van der Waals surface area contributed by atoms with Crippen LogP contribution in [0.25, 0.3) is 21.5 Å². The fourth-order valence-electron chi connectivity index (χ4n) is 7.74. The zero-order valence-corrected chi connectivity index (χ0v) is 35.1. The molecule has 11 nitrogen and oxygen atoms in total. The number of morpholine rings is 1. The van der Waals surface area contributed by atoms with Crippen molar-refractivity contribution in [1.29, 1.82) is 0 Å². The van der Waals surface area contributed by atoms with Crippen molar-refractivity contribution >= 4 is 56.6 Å². The monoisotopic (exact) mass is 810 g/mol. The lowest BCUT2D eigenvalue weighted by Crippen LogP contribution is -2.54. The number of nitrogens with one attached hydrogen (secondary N) is 5. The molecule has 4 aromatic carbocycles. The molecule has 1 fully saturated rings. The number of fused-ring (bicyclic) bond motifs is 2. The second-order valence-corrected chi connectivity index (χ2v) is 16.2. The Morgan fingerprint density at radius 1 is 0.776 bits per heavy atom. The van der Waals surface area contributed by atoms with Crippen molar-refractivity contribution in [3.05, 3.63) is 96.1 Å². The summed E-state index contributed by atoms with van der Waals surface area (Å²) in [5.74, 6) is -1.22. The Morgan fingerprint density at radius 2 is 1.38 bits per heavy atom. The molecule has 0 unspecified atom stereocenters. The summed E-state index contributed by atoms with van der Waals surface area (Å²) >= 11 is 5.24. The standard InChI is InChI=1S/C46H62N6O5S/c1-32(2)28-41(42(53)31-43(54)48-22-23-52-24-26-57-27-25-52)51-45(56)40(20-8-9-21-49-46(58)47-3)50-44(55)37(29-35-16-10-14-33-12-4-6-18-38(33)35)30-36-17-11-15-34-13-5-7-19-39(34)36/h4-7,10-19,32,37,40-42,53H,8-9,20-31H2,1-3H3,(H,48,54)(H,50,55)(H,51,56)(H2,47,49,58)/t40-,41-,42-/m0/s1. The average Bonchev–Trinajstić information content (AvgIpc) is 3.22. The molecule has 0 spiro atoms. The first kappa shape index (κ1) is 44.5. The Morgan fingerprint density at radius 3 is 1.98 bits per heavy atom. The maximum absolute atomic E-state index is 14.7. The van der Waals surface area contributed by atoms with Gasteiger partial charge in [0.2, 0.25) is 17.7 Å². The van der Waals surface area contributed by atoms with Gasteiger partial charge in [-0.1, -0.05) is 98.8 Å². The van der Waals surface area contributed by atoms with E-state index in [1.165, 1.54) is 0 Å². The molecule has 3 amide bonds. The van der Waals surface area contributed by atoms with E-state index in [4.69, 9.17) is 17.0 Å². The van der Waals surface area contributed by atoms with Crippen LogP contribution in [0.4, 0.5) is 0 Å². The largest absolute Gasteiger partial charge is 0.390 e. The van der Waals surface area contributed by atoms with Gasteiger partial charge in [0.05, 0.1) is 31.8 Å². The summed E-state index contributed by atoms with van der Waals surface area (Å²) < 4.78 is 5.41. The molecule has 1 aliphatic rings. The molecule has 1 aliphatic heterocycles. The van der Waals surface area contributed by atoms with Crippen LogP contribution in [-0.2, 0) is 32.0 Å². The molecule has 0 aromatic heterocycles. The van der Waals surface area contributed by atoms with E-state index in [1.807, 2.05) is 50.2 Å². The van der Waals surface area contributed by atoms with Gasteiger partial charge in [-0.25, -0.2) is 0 Å². The van der Waals surface area contributed by atoms with Crippen LogP contribution in [0.1, 0.15) is 57.1 Å². The highest BCUT2D eigenvalue weighted by Gasteiger charge is 2.31. The van der Waals surface area contributed by atoms with Crippen LogP contribution in [0.15, 0.2) is 84.9 Å². The van der Waals surface area contributed by atoms with Crippen LogP contribution in [0, 0.1) is 11.8 Å². The molecule has 6 N–H and O–H groups in total. The Hall–Kier alpha value is -4.62. The van der Waals surface area contributed by atoms with Crippen molar-refractivity contribution in [2.24, 2.45) is 11.8 Å². The van der Waals surface area contributed by atoms with Crippen molar-refractivity contribution in [2.75, 3.05) is 53.0 Å². The van der Waals surface area contributed by atoms with Crippen LogP contribution < -0.4 is 26.6 Å². The van der Waals surface area contributed by atoms with E-state index in [2.05, 4.69) is 80.0 Å². The molecular weight excluding hydrogens is 749 g/mol. The number of rotatable bonds is 21. The average molecular weight is 811 g/mol. The summed E-state index contributed by atoms with van der Waals surface area (Å²) in [5.41, 5.74) is 2.13. The van der Waals surface area contributed by atoms with Crippen molar-refractivity contribution < 1.29 is 24.2 Å². The minimum absolute atomic E-state index is 0.130. The van der Waals surface area contributed by atoms with E-state index < -0.39 is 24.1 Å². The number of ether oxygens (including phenoxy) is 1. The summed E-state index contributed by atoms with van der Waals surface area (Å²) in [6.45, 7) is 8.83. The lowest BCUT2D eigenvalue weighted by Gasteiger charge is -2.29. The molecule has 12 heteroatoms. The number of carbonyl (C=O) groups is 3. The third-order valence-corrected chi connectivity index (χ3v) is 11.2. The van der Waals surface area contributed by atoms with Gasteiger partial charge in [0.15, 0.2) is 5.11 Å². The van der Waals surface area contributed by atoms with E-state index >= 15 is 0 Å². The number of nitrogens with zero attached hydrogens (tertiary/aromatic N) is 1. The SMILES string of the molecule is CNC(=S)NCCCC[C@H](NC(=O)C(Cc1cccc2ccccc12)Cc1cccc2ccccc12)C(=O)N[C@@H](CC(C)C)[C@@H](O)CC(=O)NCCN1CCOCC1. The molecule has 0 radical (unpaired) electrons. The molecule has 5 rings (SSSR count). The van der Waals surface area contributed by atoms with E-state index in [0.29, 0.717) is 70.1 Å². The number of amides is 3. The number of carbonyl (C=O) groups excluding carboxylic acids is 3. The second-order valence-electron chi connectivity index (χ2n) is 15.8. The number of aliphatic hydroxyl groups is 1. The van der Waals surface area contributed by atoms with Gasteiger partial charge in [0.1, 0.15) is 6.04 Å². The first-order chi connectivity index (χ1) is 28.1. The number of thiocarbonyl (C=S) groups is 1. The Balaban J connectivity index is 1.34. The van der Waals surface area contributed by atoms with Gasteiger partial charge in [-0.15, -0.1) is 0 Å².